The van der Waals surface area contributed by atoms with Gasteiger partial charge in [0, 0.05) is 32.1 Å². The number of sulfonamides is 1. The van der Waals surface area contributed by atoms with Crippen molar-refractivity contribution in [2.24, 2.45) is 11.8 Å². The molecule has 1 saturated carbocycles. The molecule has 6 heteroatoms. The molecule has 1 aliphatic heterocycles. The standard InChI is InChI=1S/C16H22N2O3S/c1-13-12-15(13)16(19)17-8-5-9-18(11-10-17)22(20,21)14-6-3-2-4-7-14/h2-4,6-7,13,15H,5,8-12H2,1H3. The van der Waals surface area contributed by atoms with Crippen LogP contribution >= 0.6 is 0 Å². The van der Waals surface area contributed by atoms with Crippen molar-refractivity contribution in [2.45, 2.75) is 24.7 Å². The quantitative estimate of drug-likeness (QED) is 0.849. The number of carbonyl (C=O) groups is 1. The molecule has 0 aromatic heterocycles. The van der Waals surface area contributed by atoms with E-state index in [1.54, 1.807) is 30.3 Å². The number of hydrogen-bond donors (Lipinski definition) is 0. The molecule has 120 valence electrons. The van der Waals surface area contributed by atoms with Crippen molar-refractivity contribution in [1.29, 1.82) is 0 Å². The van der Waals surface area contributed by atoms with E-state index < -0.39 is 10.0 Å². The molecular weight excluding hydrogens is 300 g/mol. The highest BCUT2D eigenvalue weighted by Crippen LogP contribution is 2.39. The van der Waals surface area contributed by atoms with E-state index in [0.717, 1.165) is 6.42 Å². The van der Waals surface area contributed by atoms with Crippen LogP contribution < -0.4 is 0 Å². The first kappa shape index (κ1) is 15.5. The summed E-state index contributed by atoms with van der Waals surface area (Å²) in [5.74, 6) is 0.851. The maximum absolute atomic E-state index is 12.6. The van der Waals surface area contributed by atoms with E-state index in [1.807, 2.05) is 4.90 Å². The van der Waals surface area contributed by atoms with Gasteiger partial charge in [0.1, 0.15) is 0 Å². The molecule has 0 spiro atoms. The van der Waals surface area contributed by atoms with Crippen LogP contribution in [0, 0.1) is 11.8 Å². The fraction of sp³-hybridized carbons (Fsp3) is 0.562. The Kier molecular flexibility index (Phi) is 4.23. The summed E-state index contributed by atoms with van der Waals surface area (Å²) < 4.78 is 26.8. The number of hydrogen-bond acceptors (Lipinski definition) is 3. The fourth-order valence-corrected chi connectivity index (χ4v) is 4.49. The monoisotopic (exact) mass is 322 g/mol. The van der Waals surface area contributed by atoms with E-state index in [2.05, 4.69) is 6.92 Å². The Morgan fingerprint density at radius 2 is 1.77 bits per heavy atom. The van der Waals surface area contributed by atoms with Crippen LogP contribution in [0.2, 0.25) is 0 Å². The minimum absolute atomic E-state index is 0.164. The highest BCUT2D eigenvalue weighted by molar-refractivity contribution is 7.89. The smallest absolute Gasteiger partial charge is 0.243 e. The second-order valence-electron chi connectivity index (χ2n) is 6.22. The number of amides is 1. The topological polar surface area (TPSA) is 57.7 Å². The van der Waals surface area contributed by atoms with Crippen molar-refractivity contribution in [3.8, 4) is 0 Å². The average Bonchev–Trinajstić information content (AvgIpc) is 3.29. The van der Waals surface area contributed by atoms with Crippen molar-refractivity contribution in [3.63, 3.8) is 0 Å². The lowest BCUT2D eigenvalue weighted by molar-refractivity contribution is -0.132. The Morgan fingerprint density at radius 1 is 1.09 bits per heavy atom. The normalized spacial score (nSPS) is 26.5. The van der Waals surface area contributed by atoms with Crippen LogP contribution in [0.5, 0.6) is 0 Å². The fourth-order valence-electron chi connectivity index (χ4n) is 3.00. The predicted molar refractivity (Wildman–Crippen MR) is 83.7 cm³/mol. The van der Waals surface area contributed by atoms with Gasteiger partial charge < -0.3 is 4.90 Å². The molecule has 1 aromatic rings. The Balaban J connectivity index is 1.69. The summed E-state index contributed by atoms with van der Waals surface area (Å²) in [6.07, 6.45) is 1.67. The first-order valence-electron chi connectivity index (χ1n) is 7.84. The molecule has 1 aliphatic carbocycles. The third kappa shape index (κ3) is 3.03. The summed E-state index contributed by atoms with van der Waals surface area (Å²) in [4.78, 5) is 14.5. The van der Waals surface area contributed by atoms with Gasteiger partial charge in [-0.15, -0.1) is 0 Å². The van der Waals surface area contributed by atoms with E-state index >= 15 is 0 Å². The van der Waals surface area contributed by atoms with Crippen molar-refractivity contribution < 1.29 is 13.2 Å². The molecule has 2 unspecified atom stereocenters. The highest BCUT2D eigenvalue weighted by atomic mass is 32.2. The van der Waals surface area contributed by atoms with Gasteiger partial charge in [-0.1, -0.05) is 25.1 Å². The SMILES string of the molecule is CC1CC1C(=O)N1CCCN(S(=O)(=O)c2ccccc2)CC1. The number of carbonyl (C=O) groups excluding carboxylic acids is 1. The van der Waals surface area contributed by atoms with Gasteiger partial charge in [-0.05, 0) is 30.9 Å². The zero-order valence-corrected chi connectivity index (χ0v) is 13.6. The molecule has 2 aliphatic rings. The summed E-state index contributed by atoms with van der Waals surface area (Å²) in [6, 6.07) is 8.51. The van der Waals surface area contributed by atoms with E-state index in [-0.39, 0.29) is 11.8 Å². The number of benzene rings is 1. The Hall–Kier alpha value is -1.40. The molecule has 3 rings (SSSR count). The molecule has 0 radical (unpaired) electrons. The molecule has 1 amide bonds. The van der Waals surface area contributed by atoms with E-state index in [1.165, 1.54) is 4.31 Å². The van der Waals surface area contributed by atoms with Crippen molar-refractivity contribution in [3.05, 3.63) is 30.3 Å². The van der Waals surface area contributed by atoms with Gasteiger partial charge in [-0.2, -0.15) is 4.31 Å². The number of nitrogens with zero attached hydrogens (tertiary/aromatic N) is 2. The average molecular weight is 322 g/mol. The van der Waals surface area contributed by atoms with Gasteiger partial charge in [0.25, 0.3) is 0 Å². The van der Waals surface area contributed by atoms with Gasteiger partial charge in [-0.3, -0.25) is 4.79 Å². The highest BCUT2D eigenvalue weighted by Gasteiger charge is 2.42. The zero-order chi connectivity index (χ0) is 15.7. The molecule has 2 fully saturated rings. The van der Waals surface area contributed by atoms with Gasteiger partial charge in [0.05, 0.1) is 4.90 Å². The summed E-state index contributed by atoms with van der Waals surface area (Å²) in [5.41, 5.74) is 0. The third-order valence-electron chi connectivity index (χ3n) is 4.57. The summed E-state index contributed by atoms with van der Waals surface area (Å²) in [5, 5.41) is 0. The van der Waals surface area contributed by atoms with Crippen LogP contribution in [0.1, 0.15) is 19.8 Å². The summed E-state index contributed by atoms with van der Waals surface area (Å²) in [7, 11) is -3.45. The predicted octanol–water partition coefficient (Wildman–Crippen LogP) is 1.57. The summed E-state index contributed by atoms with van der Waals surface area (Å²) >= 11 is 0. The van der Waals surface area contributed by atoms with Gasteiger partial charge in [-0.25, -0.2) is 8.42 Å². The van der Waals surface area contributed by atoms with Crippen LogP contribution in [0.25, 0.3) is 0 Å². The summed E-state index contributed by atoms with van der Waals surface area (Å²) in [6.45, 7) is 4.09. The Bertz CT molecular complexity index is 645. The molecule has 5 nitrogen and oxygen atoms in total. The minimum atomic E-state index is -3.45. The van der Waals surface area contributed by atoms with Crippen LogP contribution in [0.4, 0.5) is 0 Å². The first-order chi connectivity index (χ1) is 10.5. The van der Waals surface area contributed by atoms with Gasteiger partial charge >= 0.3 is 0 Å². The second-order valence-corrected chi connectivity index (χ2v) is 8.15. The van der Waals surface area contributed by atoms with Crippen molar-refractivity contribution in [2.75, 3.05) is 26.2 Å². The maximum Gasteiger partial charge on any atom is 0.243 e. The van der Waals surface area contributed by atoms with E-state index in [4.69, 9.17) is 0 Å². The molecule has 0 bridgehead atoms. The van der Waals surface area contributed by atoms with Crippen LogP contribution in [-0.2, 0) is 14.8 Å². The van der Waals surface area contributed by atoms with Gasteiger partial charge in [0.15, 0.2) is 0 Å². The molecule has 1 saturated heterocycles. The second kappa shape index (κ2) is 6.01. The van der Waals surface area contributed by atoms with Crippen LogP contribution in [0.15, 0.2) is 35.2 Å². The molecule has 1 heterocycles. The lowest BCUT2D eigenvalue weighted by Crippen LogP contribution is -2.38. The first-order valence-corrected chi connectivity index (χ1v) is 9.28. The van der Waals surface area contributed by atoms with Crippen molar-refractivity contribution in [1.82, 2.24) is 9.21 Å². The largest absolute Gasteiger partial charge is 0.341 e. The lowest BCUT2D eigenvalue weighted by Gasteiger charge is -2.22. The van der Waals surface area contributed by atoms with E-state index in [9.17, 15) is 13.2 Å². The van der Waals surface area contributed by atoms with Crippen molar-refractivity contribution >= 4 is 15.9 Å². The molecular formula is C16H22N2O3S. The number of rotatable bonds is 3. The van der Waals surface area contributed by atoms with Crippen LogP contribution in [0.3, 0.4) is 0 Å². The molecule has 0 N–H and O–H groups in total. The minimum Gasteiger partial charge on any atom is -0.341 e. The van der Waals surface area contributed by atoms with Crippen LogP contribution in [-0.4, -0.2) is 49.7 Å². The van der Waals surface area contributed by atoms with E-state index in [0.29, 0.717) is 43.4 Å². The zero-order valence-electron chi connectivity index (χ0n) is 12.8. The third-order valence-corrected chi connectivity index (χ3v) is 6.49. The van der Waals surface area contributed by atoms with Gasteiger partial charge in [0.2, 0.25) is 15.9 Å². The molecule has 2 atom stereocenters. The molecule has 1 aromatic carbocycles. The maximum atomic E-state index is 12.6. The Labute approximate surface area is 132 Å². The Morgan fingerprint density at radius 3 is 2.41 bits per heavy atom. The lowest BCUT2D eigenvalue weighted by atomic mass is 10.3. The molecule has 22 heavy (non-hydrogen) atoms.